The van der Waals surface area contributed by atoms with Crippen LogP contribution >= 0.6 is 12.4 Å². The summed E-state index contributed by atoms with van der Waals surface area (Å²) < 4.78 is 4.52. The van der Waals surface area contributed by atoms with Gasteiger partial charge in [-0.1, -0.05) is 36.4 Å². The molecule has 1 atom stereocenters. The van der Waals surface area contributed by atoms with Crippen molar-refractivity contribution in [1.29, 1.82) is 0 Å². The number of amides is 2. The maximum absolute atomic E-state index is 13.2. The van der Waals surface area contributed by atoms with Crippen molar-refractivity contribution < 1.29 is 9.59 Å². The third-order valence-electron chi connectivity index (χ3n) is 7.46. The Morgan fingerprint density at radius 2 is 1.33 bits per heavy atom. The lowest BCUT2D eigenvalue weighted by Crippen LogP contribution is -2.23. The number of rotatable bonds is 2. The molecule has 2 amide bonds. The van der Waals surface area contributed by atoms with Crippen molar-refractivity contribution in [1.82, 2.24) is 19.4 Å². The van der Waals surface area contributed by atoms with Crippen molar-refractivity contribution in [2.75, 3.05) is 20.6 Å². The minimum Gasteiger partial charge on any atom is -0.347 e. The largest absolute Gasteiger partial charge is 0.347 e. The van der Waals surface area contributed by atoms with Gasteiger partial charge in [-0.3, -0.25) is 14.9 Å². The Kier molecular flexibility index (Phi) is 6.49. The van der Waals surface area contributed by atoms with Crippen LogP contribution in [0.3, 0.4) is 0 Å². The summed E-state index contributed by atoms with van der Waals surface area (Å²) in [6, 6.07) is 16.4. The number of carbonyl (C=O) groups is 2. The monoisotopic (exact) mass is 502 g/mol. The number of benzene rings is 2. The molecule has 4 heterocycles. The van der Waals surface area contributed by atoms with E-state index >= 15 is 0 Å². The van der Waals surface area contributed by atoms with Crippen LogP contribution < -0.4 is 5.32 Å². The van der Waals surface area contributed by atoms with E-state index in [4.69, 9.17) is 0 Å². The fourth-order valence-corrected chi connectivity index (χ4v) is 5.95. The molecule has 0 aliphatic carbocycles. The summed E-state index contributed by atoms with van der Waals surface area (Å²) in [5.41, 5.74) is 4.82. The Morgan fingerprint density at radius 1 is 0.806 bits per heavy atom. The Labute approximate surface area is 217 Å². The van der Waals surface area contributed by atoms with Gasteiger partial charge in [0.25, 0.3) is 11.8 Å². The molecule has 2 aliphatic heterocycles. The normalized spacial score (nSPS) is 18.4. The first-order chi connectivity index (χ1) is 17.0. The second-order valence-corrected chi connectivity index (χ2v) is 10.1. The molecule has 2 aliphatic rings. The molecule has 0 spiro atoms. The quantitative estimate of drug-likeness (QED) is 0.395. The van der Waals surface area contributed by atoms with E-state index in [9.17, 15) is 9.59 Å². The third-order valence-corrected chi connectivity index (χ3v) is 7.46. The van der Waals surface area contributed by atoms with Crippen molar-refractivity contribution in [2.24, 2.45) is 5.92 Å². The second-order valence-electron chi connectivity index (χ2n) is 10.1. The van der Waals surface area contributed by atoms with E-state index in [2.05, 4.69) is 70.1 Å². The maximum atomic E-state index is 13.2. The van der Waals surface area contributed by atoms with Gasteiger partial charge in [-0.05, 0) is 51.4 Å². The molecule has 4 bridgehead atoms. The van der Waals surface area contributed by atoms with Gasteiger partial charge in [0.05, 0.1) is 11.1 Å². The zero-order valence-electron chi connectivity index (χ0n) is 20.7. The SMILES string of the molecule is CN(C)C[C@H]1CCCn2cc(c3ccccc32)C2=C(C(=O)NC2=O)c2cn(c3ccccc23)CC1.Cl. The van der Waals surface area contributed by atoms with Gasteiger partial charge < -0.3 is 14.0 Å². The predicted octanol–water partition coefficient (Wildman–Crippen LogP) is 4.95. The van der Waals surface area contributed by atoms with Crippen LogP contribution in [0.4, 0.5) is 0 Å². The molecule has 0 unspecified atom stereocenters. The van der Waals surface area contributed by atoms with Gasteiger partial charge in [0.1, 0.15) is 0 Å². The standard InChI is InChI=1S/C29H30N4O2.ClH/c1-31(2)16-19-8-7-14-32-17-22(20-9-3-5-11-24(20)32)26-27(29(35)30-28(26)34)23-18-33(15-13-19)25-12-6-4-10-21(23)25;/h3-6,9-12,17-19H,7-8,13-16H2,1-2H3,(H,30,34,35);1H/t19-;/m0./s1. The van der Waals surface area contributed by atoms with Gasteiger partial charge in [-0.15, -0.1) is 12.4 Å². The van der Waals surface area contributed by atoms with Crippen molar-refractivity contribution >= 4 is 57.2 Å². The summed E-state index contributed by atoms with van der Waals surface area (Å²) in [4.78, 5) is 28.7. The maximum Gasteiger partial charge on any atom is 0.259 e. The van der Waals surface area contributed by atoms with Gasteiger partial charge in [-0.2, -0.15) is 0 Å². The molecule has 2 aromatic heterocycles. The van der Waals surface area contributed by atoms with Crippen LogP contribution in [0, 0.1) is 5.92 Å². The number of hydrogen-bond acceptors (Lipinski definition) is 3. The number of hydrogen-bond donors (Lipinski definition) is 1. The zero-order valence-corrected chi connectivity index (χ0v) is 21.5. The van der Waals surface area contributed by atoms with E-state index < -0.39 is 0 Å². The van der Waals surface area contributed by atoms with Gasteiger partial charge in [0.2, 0.25) is 0 Å². The fraction of sp³-hybridized carbons (Fsp3) is 0.310. The zero-order chi connectivity index (χ0) is 24.1. The first-order valence-electron chi connectivity index (χ1n) is 12.4. The number of halogens is 1. The smallest absolute Gasteiger partial charge is 0.259 e. The molecule has 1 N–H and O–H groups in total. The lowest BCUT2D eigenvalue weighted by Gasteiger charge is -2.22. The second kappa shape index (κ2) is 9.60. The van der Waals surface area contributed by atoms with Gasteiger partial charge >= 0.3 is 0 Å². The van der Waals surface area contributed by atoms with Crippen LogP contribution in [-0.4, -0.2) is 46.5 Å². The van der Waals surface area contributed by atoms with Crippen LogP contribution in [0.2, 0.25) is 0 Å². The van der Waals surface area contributed by atoms with Crippen molar-refractivity contribution in [3.8, 4) is 0 Å². The van der Waals surface area contributed by atoms with E-state index in [0.29, 0.717) is 17.1 Å². The predicted molar refractivity (Wildman–Crippen MR) is 147 cm³/mol. The first-order valence-corrected chi connectivity index (χ1v) is 12.4. The number of fused-ring (bicyclic) bond motifs is 12. The van der Waals surface area contributed by atoms with E-state index in [-0.39, 0.29) is 24.2 Å². The molecule has 0 saturated heterocycles. The lowest BCUT2D eigenvalue weighted by molar-refractivity contribution is -0.122. The molecule has 0 saturated carbocycles. The van der Waals surface area contributed by atoms with Crippen LogP contribution in [0.15, 0.2) is 60.9 Å². The van der Waals surface area contributed by atoms with Crippen molar-refractivity contribution in [3.63, 3.8) is 0 Å². The van der Waals surface area contributed by atoms with E-state index in [1.54, 1.807) is 0 Å². The molecule has 36 heavy (non-hydrogen) atoms. The summed E-state index contributed by atoms with van der Waals surface area (Å²) in [7, 11) is 4.29. The first kappa shape index (κ1) is 24.3. The highest BCUT2D eigenvalue weighted by Gasteiger charge is 2.35. The van der Waals surface area contributed by atoms with Gasteiger partial charge in [-0.25, -0.2) is 0 Å². The molecule has 0 fully saturated rings. The number of aryl methyl sites for hydroxylation is 2. The molecule has 4 aromatic rings. The molecule has 2 aromatic carbocycles. The Bertz CT molecular complexity index is 1510. The molecular weight excluding hydrogens is 472 g/mol. The number of para-hydroxylation sites is 2. The van der Waals surface area contributed by atoms with Crippen molar-refractivity contribution in [3.05, 3.63) is 72.1 Å². The van der Waals surface area contributed by atoms with E-state index in [1.807, 2.05) is 24.3 Å². The lowest BCUT2D eigenvalue weighted by atomic mass is 9.95. The molecule has 6 nitrogen and oxygen atoms in total. The number of nitrogens with zero attached hydrogens (tertiary/aromatic N) is 3. The Morgan fingerprint density at radius 3 is 1.89 bits per heavy atom. The van der Waals surface area contributed by atoms with Gasteiger partial charge in [0.15, 0.2) is 0 Å². The highest BCUT2D eigenvalue weighted by atomic mass is 35.5. The number of imide groups is 1. The minimum absolute atomic E-state index is 0. The highest BCUT2D eigenvalue weighted by Crippen LogP contribution is 2.39. The Balaban J connectivity index is 0.00000267. The number of nitrogens with one attached hydrogen (secondary N) is 1. The molecule has 6 rings (SSSR count). The average molecular weight is 503 g/mol. The molecule has 186 valence electrons. The minimum atomic E-state index is -0.317. The summed E-state index contributed by atoms with van der Waals surface area (Å²) in [5.74, 6) is -0.0600. The van der Waals surface area contributed by atoms with Crippen molar-refractivity contribution in [2.45, 2.75) is 32.4 Å². The molecule has 7 heteroatoms. The number of aromatic nitrogens is 2. The number of carbonyl (C=O) groups excluding carboxylic acids is 2. The summed E-state index contributed by atoms with van der Waals surface area (Å²) in [6.07, 6.45) is 7.41. The summed E-state index contributed by atoms with van der Waals surface area (Å²) in [5, 5.41) is 4.61. The summed E-state index contributed by atoms with van der Waals surface area (Å²) in [6.45, 7) is 2.81. The van der Waals surface area contributed by atoms with Crippen LogP contribution in [0.1, 0.15) is 30.4 Å². The fourth-order valence-electron chi connectivity index (χ4n) is 5.95. The van der Waals surface area contributed by atoms with E-state index in [0.717, 1.165) is 71.8 Å². The van der Waals surface area contributed by atoms with Crippen LogP contribution in [0.25, 0.3) is 33.0 Å². The van der Waals surface area contributed by atoms with E-state index in [1.165, 1.54) is 0 Å². The van der Waals surface area contributed by atoms with Crippen LogP contribution in [-0.2, 0) is 22.7 Å². The summed E-state index contributed by atoms with van der Waals surface area (Å²) >= 11 is 0. The highest BCUT2D eigenvalue weighted by molar-refractivity contribution is 6.50. The topological polar surface area (TPSA) is 59.3 Å². The third kappa shape index (κ3) is 4.04. The van der Waals surface area contributed by atoms with Gasteiger partial charge in [0, 0.05) is 65.0 Å². The van der Waals surface area contributed by atoms with Crippen LogP contribution in [0.5, 0.6) is 0 Å². The average Bonchev–Trinajstić information content (AvgIpc) is 3.47. The Hall–Kier alpha value is -3.35. The molecule has 0 radical (unpaired) electrons. The molecular formula is C29H31ClN4O2.